The molecule has 1 aliphatic carbocycles. The SMILES string of the molecule is O=C1CCC(N2Cc3cc(N[C@H]4CCCC[C@H]4NCc4ccccc4)ccc3C2=O)C(=O)N1. The van der Waals surface area contributed by atoms with Crippen LogP contribution in [0.2, 0.25) is 0 Å². The molecule has 1 saturated carbocycles. The number of fused-ring (bicyclic) bond motifs is 1. The molecule has 2 aliphatic heterocycles. The number of imide groups is 1. The van der Waals surface area contributed by atoms with E-state index in [0.29, 0.717) is 30.6 Å². The second-order valence-corrected chi connectivity index (χ2v) is 9.28. The molecular formula is C26H30N4O3. The van der Waals surface area contributed by atoms with Crippen molar-refractivity contribution in [2.24, 2.45) is 0 Å². The first-order chi connectivity index (χ1) is 16.1. The fourth-order valence-corrected chi connectivity index (χ4v) is 5.27. The quantitative estimate of drug-likeness (QED) is 0.594. The molecule has 0 aromatic heterocycles. The molecule has 2 heterocycles. The largest absolute Gasteiger partial charge is 0.381 e. The zero-order chi connectivity index (χ0) is 22.8. The van der Waals surface area contributed by atoms with Gasteiger partial charge in [-0.15, -0.1) is 0 Å². The maximum Gasteiger partial charge on any atom is 0.255 e. The molecule has 0 bridgehead atoms. The van der Waals surface area contributed by atoms with Crippen LogP contribution in [0.1, 0.15) is 60.0 Å². The van der Waals surface area contributed by atoms with Crippen molar-refractivity contribution >= 4 is 23.4 Å². The van der Waals surface area contributed by atoms with Gasteiger partial charge in [-0.25, -0.2) is 0 Å². The lowest BCUT2D eigenvalue weighted by Crippen LogP contribution is -2.52. The van der Waals surface area contributed by atoms with E-state index in [4.69, 9.17) is 0 Å². The number of carbonyl (C=O) groups excluding carboxylic acids is 3. The highest BCUT2D eigenvalue weighted by atomic mass is 16.2. The highest BCUT2D eigenvalue weighted by Gasteiger charge is 2.39. The van der Waals surface area contributed by atoms with Crippen molar-refractivity contribution in [3.8, 4) is 0 Å². The molecule has 5 rings (SSSR count). The van der Waals surface area contributed by atoms with Crippen LogP contribution in [0.5, 0.6) is 0 Å². The first-order valence-corrected chi connectivity index (χ1v) is 11.9. The Morgan fingerprint density at radius 3 is 2.52 bits per heavy atom. The second-order valence-electron chi connectivity index (χ2n) is 9.28. The number of rotatable bonds is 6. The Kier molecular flexibility index (Phi) is 6.13. The number of benzene rings is 2. The monoisotopic (exact) mass is 446 g/mol. The van der Waals surface area contributed by atoms with Gasteiger partial charge >= 0.3 is 0 Å². The predicted octanol–water partition coefficient (Wildman–Crippen LogP) is 2.96. The van der Waals surface area contributed by atoms with E-state index in [1.807, 2.05) is 24.3 Å². The average molecular weight is 447 g/mol. The van der Waals surface area contributed by atoms with Crippen LogP contribution in [-0.2, 0) is 22.7 Å². The predicted molar refractivity (Wildman–Crippen MR) is 125 cm³/mol. The van der Waals surface area contributed by atoms with E-state index in [1.54, 1.807) is 4.90 Å². The highest BCUT2D eigenvalue weighted by Crippen LogP contribution is 2.31. The summed E-state index contributed by atoms with van der Waals surface area (Å²) in [6.07, 6.45) is 5.31. The third kappa shape index (κ3) is 4.64. The zero-order valence-electron chi connectivity index (χ0n) is 18.7. The van der Waals surface area contributed by atoms with E-state index in [0.717, 1.165) is 30.6 Å². The van der Waals surface area contributed by atoms with Crippen LogP contribution < -0.4 is 16.0 Å². The lowest BCUT2D eigenvalue weighted by Gasteiger charge is -2.34. The second kappa shape index (κ2) is 9.35. The molecule has 33 heavy (non-hydrogen) atoms. The molecule has 172 valence electrons. The van der Waals surface area contributed by atoms with Crippen molar-refractivity contribution < 1.29 is 14.4 Å². The van der Waals surface area contributed by atoms with Crippen LogP contribution in [0.3, 0.4) is 0 Å². The first-order valence-electron chi connectivity index (χ1n) is 11.9. The Morgan fingerprint density at radius 2 is 1.73 bits per heavy atom. The van der Waals surface area contributed by atoms with E-state index in [9.17, 15) is 14.4 Å². The summed E-state index contributed by atoms with van der Waals surface area (Å²) < 4.78 is 0. The molecule has 3 amide bonds. The number of amides is 3. The van der Waals surface area contributed by atoms with Gasteiger partial charge in [-0.05, 0) is 48.6 Å². The van der Waals surface area contributed by atoms with Gasteiger partial charge in [0.05, 0.1) is 0 Å². The van der Waals surface area contributed by atoms with Gasteiger partial charge in [0.15, 0.2) is 0 Å². The molecule has 3 aliphatic rings. The summed E-state index contributed by atoms with van der Waals surface area (Å²) in [7, 11) is 0. The van der Waals surface area contributed by atoms with Crippen molar-refractivity contribution in [3.63, 3.8) is 0 Å². The maximum atomic E-state index is 12.9. The highest BCUT2D eigenvalue weighted by molar-refractivity contribution is 6.05. The zero-order valence-corrected chi connectivity index (χ0v) is 18.7. The summed E-state index contributed by atoms with van der Waals surface area (Å²) in [5.74, 6) is -0.777. The number of carbonyl (C=O) groups is 3. The summed E-state index contributed by atoms with van der Waals surface area (Å²) in [6.45, 7) is 1.25. The van der Waals surface area contributed by atoms with Crippen LogP contribution in [0.4, 0.5) is 5.69 Å². The minimum absolute atomic E-state index is 0.133. The Hall–Kier alpha value is -3.19. The van der Waals surface area contributed by atoms with Crippen LogP contribution >= 0.6 is 0 Å². The minimum Gasteiger partial charge on any atom is -0.381 e. The van der Waals surface area contributed by atoms with Gasteiger partial charge in [0, 0.05) is 42.8 Å². The molecule has 3 N–H and O–H groups in total. The topological polar surface area (TPSA) is 90.5 Å². The summed E-state index contributed by atoms with van der Waals surface area (Å²) >= 11 is 0. The Morgan fingerprint density at radius 1 is 0.939 bits per heavy atom. The van der Waals surface area contributed by atoms with Crippen LogP contribution in [0.15, 0.2) is 48.5 Å². The molecule has 1 saturated heterocycles. The summed E-state index contributed by atoms with van der Waals surface area (Å²) in [4.78, 5) is 38.3. The van der Waals surface area contributed by atoms with Crippen molar-refractivity contribution in [1.82, 2.24) is 15.5 Å². The van der Waals surface area contributed by atoms with Crippen molar-refractivity contribution in [1.29, 1.82) is 0 Å². The van der Waals surface area contributed by atoms with E-state index in [2.05, 4.69) is 40.2 Å². The van der Waals surface area contributed by atoms with Crippen molar-refractivity contribution in [2.75, 3.05) is 5.32 Å². The Balaban J connectivity index is 1.25. The van der Waals surface area contributed by atoms with E-state index < -0.39 is 6.04 Å². The third-order valence-electron chi connectivity index (χ3n) is 7.05. The van der Waals surface area contributed by atoms with Gasteiger partial charge in [0.2, 0.25) is 11.8 Å². The number of hydrogen-bond donors (Lipinski definition) is 3. The van der Waals surface area contributed by atoms with Gasteiger partial charge < -0.3 is 15.5 Å². The van der Waals surface area contributed by atoms with Crippen molar-refractivity contribution in [3.05, 3.63) is 65.2 Å². The standard InChI is InChI=1S/C26H30N4O3/c31-24-13-12-23(25(32)29-24)30-16-18-14-19(10-11-20(18)26(30)33)28-22-9-5-4-8-21(22)27-15-17-6-2-1-3-7-17/h1-3,6-7,10-11,14,21-23,27-28H,4-5,8-9,12-13,15-16H2,(H,29,31,32)/t21-,22+,23?/m1/s1. The normalized spacial score (nSPS) is 25.0. The molecule has 2 aromatic carbocycles. The van der Waals surface area contributed by atoms with Crippen LogP contribution in [0, 0.1) is 0 Å². The number of anilines is 1. The molecule has 0 spiro atoms. The minimum atomic E-state index is -0.580. The van der Waals surface area contributed by atoms with Gasteiger partial charge in [0.1, 0.15) is 6.04 Å². The molecule has 7 heteroatoms. The molecule has 2 aromatic rings. The van der Waals surface area contributed by atoms with Gasteiger partial charge in [0.25, 0.3) is 5.91 Å². The van der Waals surface area contributed by atoms with Crippen LogP contribution in [-0.4, -0.2) is 40.7 Å². The molecule has 3 atom stereocenters. The smallest absolute Gasteiger partial charge is 0.255 e. The lowest BCUT2D eigenvalue weighted by molar-refractivity contribution is -0.136. The summed E-state index contributed by atoms with van der Waals surface area (Å²) in [5.41, 5.74) is 3.86. The number of piperidine rings is 1. The van der Waals surface area contributed by atoms with E-state index in [1.165, 1.54) is 18.4 Å². The Bertz CT molecular complexity index is 1050. The van der Waals surface area contributed by atoms with Crippen molar-refractivity contribution in [2.45, 2.75) is 69.7 Å². The van der Waals surface area contributed by atoms with Gasteiger partial charge in [-0.1, -0.05) is 43.2 Å². The fourth-order valence-electron chi connectivity index (χ4n) is 5.27. The summed E-state index contributed by atoms with van der Waals surface area (Å²) in [5, 5.41) is 9.79. The molecule has 2 fully saturated rings. The summed E-state index contributed by atoms with van der Waals surface area (Å²) in [6, 6.07) is 16.5. The van der Waals surface area contributed by atoms with Gasteiger partial charge in [-0.2, -0.15) is 0 Å². The molecular weight excluding hydrogens is 416 g/mol. The number of nitrogens with one attached hydrogen (secondary N) is 3. The average Bonchev–Trinajstić information content (AvgIpc) is 3.14. The fraction of sp³-hybridized carbons (Fsp3) is 0.423. The maximum absolute atomic E-state index is 12.9. The van der Waals surface area contributed by atoms with Crippen LogP contribution in [0.25, 0.3) is 0 Å². The van der Waals surface area contributed by atoms with E-state index in [-0.39, 0.29) is 24.1 Å². The Labute approximate surface area is 193 Å². The molecule has 0 radical (unpaired) electrons. The van der Waals surface area contributed by atoms with E-state index >= 15 is 0 Å². The van der Waals surface area contributed by atoms with Gasteiger partial charge in [-0.3, -0.25) is 19.7 Å². The number of nitrogens with zero attached hydrogens (tertiary/aromatic N) is 1. The third-order valence-corrected chi connectivity index (χ3v) is 7.05. The number of hydrogen-bond acceptors (Lipinski definition) is 5. The first kappa shape index (κ1) is 21.6. The molecule has 1 unspecified atom stereocenters. The lowest BCUT2D eigenvalue weighted by atomic mass is 9.89. The molecule has 7 nitrogen and oxygen atoms in total.